The van der Waals surface area contributed by atoms with Crippen molar-refractivity contribution in [2.75, 3.05) is 7.11 Å². The lowest BCUT2D eigenvalue weighted by Crippen LogP contribution is -2.01. The van der Waals surface area contributed by atoms with Crippen molar-refractivity contribution in [3.8, 4) is 11.4 Å². The molecule has 0 aliphatic heterocycles. The lowest BCUT2D eigenvalue weighted by atomic mass is 10.2. The number of alkyl halides is 1. The number of aromatic nitrogens is 2. The highest BCUT2D eigenvalue weighted by molar-refractivity contribution is 6.30. The SMILES string of the molecule is COc1cccc2c1nc(C(C)Cl)n2-c1ccc(Cl)cc1. The first-order valence-electron chi connectivity index (χ1n) is 6.57. The van der Waals surface area contributed by atoms with E-state index in [-0.39, 0.29) is 5.38 Å². The minimum absolute atomic E-state index is 0.224. The van der Waals surface area contributed by atoms with Crippen molar-refractivity contribution in [3.63, 3.8) is 0 Å². The summed E-state index contributed by atoms with van der Waals surface area (Å²) in [6.45, 7) is 1.90. The second-order valence-electron chi connectivity index (χ2n) is 4.73. The Balaban J connectivity index is 2.33. The fraction of sp³-hybridized carbons (Fsp3) is 0.188. The predicted molar refractivity (Wildman–Crippen MR) is 86.9 cm³/mol. The third kappa shape index (κ3) is 2.47. The largest absolute Gasteiger partial charge is 0.494 e. The number of fused-ring (bicyclic) bond motifs is 1. The summed E-state index contributed by atoms with van der Waals surface area (Å²) in [4.78, 5) is 4.65. The van der Waals surface area contributed by atoms with Gasteiger partial charge in [-0.1, -0.05) is 17.7 Å². The third-order valence-corrected chi connectivity index (χ3v) is 3.78. The number of nitrogens with zero attached hydrogens (tertiary/aromatic N) is 2. The fourth-order valence-electron chi connectivity index (χ4n) is 2.38. The zero-order chi connectivity index (χ0) is 15.0. The number of benzene rings is 2. The number of hydrogen-bond donors (Lipinski definition) is 0. The van der Waals surface area contributed by atoms with Crippen LogP contribution in [0.2, 0.25) is 5.02 Å². The van der Waals surface area contributed by atoms with Crippen LogP contribution < -0.4 is 4.74 Å². The Morgan fingerprint density at radius 2 is 1.86 bits per heavy atom. The van der Waals surface area contributed by atoms with E-state index < -0.39 is 0 Å². The molecule has 0 saturated carbocycles. The number of para-hydroxylation sites is 1. The van der Waals surface area contributed by atoms with Gasteiger partial charge in [-0.15, -0.1) is 11.6 Å². The average molecular weight is 321 g/mol. The number of halogens is 2. The van der Waals surface area contributed by atoms with Crippen molar-refractivity contribution >= 4 is 34.2 Å². The molecular formula is C16H14Cl2N2O. The van der Waals surface area contributed by atoms with Crippen LogP contribution in [-0.2, 0) is 0 Å². The van der Waals surface area contributed by atoms with Gasteiger partial charge in [-0.05, 0) is 43.3 Å². The van der Waals surface area contributed by atoms with Crippen LogP contribution in [0.5, 0.6) is 5.75 Å². The average Bonchev–Trinajstić information content (AvgIpc) is 2.87. The van der Waals surface area contributed by atoms with Crippen molar-refractivity contribution in [3.05, 3.63) is 53.3 Å². The van der Waals surface area contributed by atoms with E-state index in [0.717, 1.165) is 28.3 Å². The molecule has 1 atom stereocenters. The molecule has 0 fully saturated rings. The molecule has 2 aromatic carbocycles. The predicted octanol–water partition coefficient (Wildman–Crippen LogP) is 4.99. The van der Waals surface area contributed by atoms with Gasteiger partial charge in [-0.3, -0.25) is 4.57 Å². The van der Waals surface area contributed by atoms with Crippen LogP contribution >= 0.6 is 23.2 Å². The number of methoxy groups -OCH3 is 1. The van der Waals surface area contributed by atoms with E-state index in [2.05, 4.69) is 4.98 Å². The minimum atomic E-state index is -0.224. The van der Waals surface area contributed by atoms with Gasteiger partial charge in [-0.25, -0.2) is 4.98 Å². The van der Waals surface area contributed by atoms with Crippen molar-refractivity contribution in [2.24, 2.45) is 0 Å². The molecule has 3 aromatic rings. The van der Waals surface area contributed by atoms with Gasteiger partial charge < -0.3 is 4.74 Å². The van der Waals surface area contributed by atoms with Crippen LogP contribution in [0.3, 0.4) is 0 Å². The van der Waals surface area contributed by atoms with Gasteiger partial charge >= 0.3 is 0 Å². The van der Waals surface area contributed by atoms with E-state index in [4.69, 9.17) is 27.9 Å². The van der Waals surface area contributed by atoms with Crippen LogP contribution in [0.25, 0.3) is 16.7 Å². The zero-order valence-electron chi connectivity index (χ0n) is 11.7. The highest BCUT2D eigenvalue weighted by Crippen LogP contribution is 2.32. The van der Waals surface area contributed by atoms with Crippen molar-refractivity contribution in [2.45, 2.75) is 12.3 Å². The Morgan fingerprint density at radius 1 is 1.14 bits per heavy atom. The van der Waals surface area contributed by atoms with Crippen molar-refractivity contribution in [1.82, 2.24) is 9.55 Å². The Labute approximate surface area is 133 Å². The van der Waals surface area contributed by atoms with Gasteiger partial charge in [0, 0.05) is 10.7 Å². The number of ether oxygens (including phenoxy) is 1. The molecule has 21 heavy (non-hydrogen) atoms. The summed E-state index contributed by atoms with van der Waals surface area (Å²) in [5.74, 6) is 1.51. The van der Waals surface area contributed by atoms with Gasteiger partial charge in [0.05, 0.1) is 18.0 Å². The third-order valence-electron chi connectivity index (χ3n) is 3.33. The lowest BCUT2D eigenvalue weighted by Gasteiger charge is -2.10. The first-order chi connectivity index (χ1) is 10.1. The summed E-state index contributed by atoms with van der Waals surface area (Å²) in [5, 5.41) is 0.471. The molecule has 1 heterocycles. The van der Waals surface area contributed by atoms with Gasteiger partial charge in [-0.2, -0.15) is 0 Å². The maximum absolute atomic E-state index is 6.31. The van der Waals surface area contributed by atoms with Crippen LogP contribution in [0.1, 0.15) is 18.1 Å². The van der Waals surface area contributed by atoms with Gasteiger partial charge in [0.1, 0.15) is 17.1 Å². The molecule has 0 spiro atoms. The van der Waals surface area contributed by atoms with Crippen LogP contribution in [0.4, 0.5) is 0 Å². The smallest absolute Gasteiger partial charge is 0.146 e. The maximum Gasteiger partial charge on any atom is 0.146 e. The van der Waals surface area contributed by atoms with E-state index in [1.165, 1.54) is 0 Å². The van der Waals surface area contributed by atoms with Crippen molar-refractivity contribution < 1.29 is 4.74 Å². The molecular weight excluding hydrogens is 307 g/mol. The van der Waals surface area contributed by atoms with Crippen LogP contribution in [0.15, 0.2) is 42.5 Å². The minimum Gasteiger partial charge on any atom is -0.494 e. The molecule has 0 bridgehead atoms. The molecule has 0 saturated heterocycles. The summed E-state index contributed by atoms with van der Waals surface area (Å²) < 4.78 is 7.42. The van der Waals surface area contributed by atoms with E-state index in [1.54, 1.807) is 7.11 Å². The molecule has 0 aliphatic rings. The summed E-state index contributed by atoms with van der Waals surface area (Å²) >= 11 is 12.3. The molecule has 1 unspecified atom stereocenters. The molecule has 0 amide bonds. The van der Waals surface area contributed by atoms with Gasteiger partial charge in [0.2, 0.25) is 0 Å². The highest BCUT2D eigenvalue weighted by atomic mass is 35.5. The monoisotopic (exact) mass is 320 g/mol. The Morgan fingerprint density at radius 3 is 2.48 bits per heavy atom. The second-order valence-corrected chi connectivity index (χ2v) is 5.82. The summed E-state index contributed by atoms with van der Waals surface area (Å²) in [5.41, 5.74) is 2.73. The number of hydrogen-bond acceptors (Lipinski definition) is 2. The molecule has 0 aliphatic carbocycles. The zero-order valence-corrected chi connectivity index (χ0v) is 13.2. The van der Waals surface area contributed by atoms with Crippen LogP contribution in [0, 0.1) is 0 Å². The molecule has 0 radical (unpaired) electrons. The quantitative estimate of drug-likeness (QED) is 0.636. The molecule has 3 rings (SSSR count). The normalized spacial score (nSPS) is 12.6. The Hall–Kier alpha value is -1.71. The van der Waals surface area contributed by atoms with E-state index in [9.17, 15) is 0 Å². The Kier molecular flexibility index (Phi) is 3.79. The maximum atomic E-state index is 6.31. The topological polar surface area (TPSA) is 27.1 Å². The van der Waals surface area contributed by atoms with Gasteiger partial charge in [0.15, 0.2) is 0 Å². The first-order valence-corrected chi connectivity index (χ1v) is 7.38. The summed E-state index contributed by atoms with van der Waals surface area (Å²) in [7, 11) is 1.64. The standard InChI is InChI=1S/C16H14Cl2N2O/c1-10(17)16-19-15-13(4-3-5-14(15)21-2)20(16)12-8-6-11(18)7-9-12/h3-10H,1-2H3. The molecule has 0 N–H and O–H groups in total. The van der Waals surface area contributed by atoms with Crippen LogP contribution in [-0.4, -0.2) is 16.7 Å². The van der Waals surface area contributed by atoms with E-state index in [0.29, 0.717) is 5.02 Å². The van der Waals surface area contributed by atoms with Gasteiger partial charge in [0.25, 0.3) is 0 Å². The molecule has 3 nitrogen and oxygen atoms in total. The number of imidazole rings is 1. The molecule has 1 aromatic heterocycles. The van der Waals surface area contributed by atoms with E-state index in [1.807, 2.05) is 54.0 Å². The fourth-order valence-corrected chi connectivity index (χ4v) is 2.66. The van der Waals surface area contributed by atoms with Crippen molar-refractivity contribution in [1.29, 1.82) is 0 Å². The second kappa shape index (κ2) is 5.58. The Bertz CT molecular complexity index is 779. The van der Waals surface area contributed by atoms with E-state index >= 15 is 0 Å². The molecule has 5 heteroatoms. The number of rotatable bonds is 3. The summed E-state index contributed by atoms with van der Waals surface area (Å²) in [6.07, 6.45) is 0. The first kappa shape index (κ1) is 14.2. The molecule has 108 valence electrons. The highest BCUT2D eigenvalue weighted by Gasteiger charge is 2.18. The summed E-state index contributed by atoms with van der Waals surface area (Å²) in [6, 6.07) is 13.4. The lowest BCUT2D eigenvalue weighted by molar-refractivity contribution is 0.419.